The molecule has 29 heavy (non-hydrogen) atoms. The van der Waals surface area contributed by atoms with E-state index in [9.17, 15) is 9.59 Å². The number of carboxylic acid groups (broad SMARTS) is 1. The van der Waals surface area contributed by atoms with E-state index in [1.165, 1.54) is 13.3 Å². The minimum absolute atomic E-state index is 0.318. The normalized spacial score (nSPS) is 10.4. The van der Waals surface area contributed by atoms with Crippen LogP contribution in [0.15, 0.2) is 54.2 Å². The molecule has 3 N–H and O–H groups in total. The summed E-state index contributed by atoms with van der Waals surface area (Å²) in [5.74, 6) is -0.439. The van der Waals surface area contributed by atoms with E-state index in [2.05, 4.69) is 22.4 Å². The monoisotopic (exact) mass is 417 g/mol. The molecule has 2 rings (SSSR count). The zero-order chi connectivity index (χ0) is 21.2. The lowest BCUT2D eigenvalue weighted by atomic mass is 10.1. The van der Waals surface area contributed by atoms with Crippen molar-refractivity contribution in [3.8, 4) is 11.5 Å². The third-order valence-electron chi connectivity index (χ3n) is 3.54. The number of carboxylic acids is 1. The first-order valence-electron chi connectivity index (χ1n) is 8.45. The van der Waals surface area contributed by atoms with Gasteiger partial charge in [0.1, 0.15) is 0 Å². The maximum atomic E-state index is 11.9. The molecule has 0 unspecified atom stereocenters. The summed E-state index contributed by atoms with van der Waals surface area (Å²) in [5.41, 5.74) is 4.16. The average Bonchev–Trinajstić information content (AvgIpc) is 2.66. The molecule has 2 aromatic carbocycles. The molecule has 8 nitrogen and oxygen atoms in total. The van der Waals surface area contributed by atoms with Crippen LogP contribution in [0.2, 0.25) is 5.02 Å². The fourth-order valence-corrected chi connectivity index (χ4v) is 2.60. The molecule has 9 heteroatoms. The third-order valence-corrected chi connectivity index (χ3v) is 3.78. The van der Waals surface area contributed by atoms with Crippen molar-refractivity contribution in [1.82, 2.24) is 5.43 Å². The number of hydrazone groups is 1. The molecule has 0 saturated carbocycles. The van der Waals surface area contributed by atoms with Gasteiger partial charge in [0.25, 0.3) is 0 Å². The van der Waals surface area contributed by atoms with Crippen LogP contribution in [0.4, 0.5) is 10.5 Å². The zero-order valence-electron chi connectivity index (χ0n) is 15.6. The molecule has 2 aromatic rings. The van der Waals surface area contributed by atoms with Gasteiger partial charge < -0.3 is 19.9 Å². The second-order valence-electron chi connectivity index (χ2n) is 5.72. The van der Waals surface area contributed by atoms with Gasteiger partial charge in [-0.15, -0.1) is 6.58 Å². The Morgan fingerprint density at radius 3 is 2.76 bits per heavy atom. The minimum Gasteiger partial charge on any atom is -0.493 e. The van der Waals surface area contributed by atoms with E-state index in [0.717, 1.165) is 0 Å². The smallest absolute Gasteiger partial charge is 0.341 e. The summed E-state index contributed by atoms with van der Waals surface area (Å²) in [6, 6.07) is 9.52. The van der Waals surface area contributed by atoms with Crippen LogP contribution in [0.1, 0.15) is 11.1 Å². The SMILES string of the molecule is C=CCc1cc(/C=N/NC(=O)Nc2cccc(Cl)c2)cc(OC)c1OCC(=O)O. The van der Waals surface area contributed by atoms with Crippen molar-refractivity contribution >= 4 is 35.5 Å². The topological polar surface area (TPSA) is 109 Å². The molecule has 2 amide bonds. The number of methoxy groups -OCH3 is 1. The summed E-state index contributed by atoms with van der Waals surface area (Å²) in [7, 11) is 1.44. The Labute approximate surface area is 172 Å². The number of urea groups is 1. The van der Waals surface area contributed by atoms with E-state index in [-0.39, 0.29) is 0 Å². The molecule has 0 spiro atoms. The highest BCUT2D eigenvalue weighted by Gasteiger charge is 2.13. The van der Waals surface area contributed by atoms with Crippen LogP contribution in [-0.4, -0.2) is 37.0 Å². The van der Waals surface area contributed by atoms with Gasteiger partial charge in [0.2, 0.25) is 0 Å². The standard InChI is InChI=1S/C20H20ClN3O5/c1-3-5-14-8-13(9-17(28-2)19(14)29-12-18(25)26)11-22-24-20(27)23-16-7-4-6-15(21)10-16/h3-4,6-11H,1,5,12H2,2H3,(H,25,26)(H2,23,24,27)/b22-11+. The van der Waals surface area contributed by atoms with Crippen LogP contribution in [0.3, 0.4) is 0 Å². The van der Waals surface area contributed by atoms with Crippen LogP contribution in [0.5, 0.6) is 11.5 Å². The number of aliphatic carboxylic acids is 1. The summed E-state index contributed by atoms with van der Waals surface area (Å²) in [5, 5.41) is 15.8. The van der Waals surface area contributed by atoms with Crippen LogP contribution < -0.4 is 20.2 Å². The molecule has 0 saturated heterocycles. The van der Waals surface area contributed by atoms with Crippen molar-refractivity contribution in [2.75, 3.05) is 19.0 Å². The summed E-state index contributed by atoms with van der Waals surface area (Å²) in [4.78, 5) is 22.7. The van der Waals surface area contributed by atoms with Gasteiger partial charge in [-0.2, -0.15) is 5.10 Å². The second-order valence-corrected chi connectivity index (χ2v) is 6.16. The lowest BCUT2D eigenvalue weighted by Gasteiger charge is -2.14. The Balaban J connectivity index is 2.12. The molecule has 0 atom stereocenters. The number of anilines is 1. The number of carbonyl (C=O) groups excluding carboxylic acids is 1. The third kappa shape index (κ3) is 6.86. The first kappa shape index (κ1) is 21.8. The van der Waals surface area contributed by atoms with E-state index in [0.29, 0.717) is 39.8 Å². The lowest BCUT2D eigenvalue weighted by Crippen LogP contribution is -2.24. The molecule has 152 valence electrons. The number of benzene rings is 2. The van der Waals surface area contributed by atoms with E-state index in [1.807, 2.05) is 0 Å². The van der Waals surface area contributed by atoms with Crippen LogP contribution in [0, 0.1) is 0 Å². The number of ether oxygens (including phenoxy) is 2. The number of allylic oxidation sites excluding steroid dienone is 1. The van der Waals surface area contributed by atoms with Crippen molar-refractivity contribution in [3.05, 3.63) is 65.2 Å². The Morgan fingerprint density at radius 1 is 1.31 bits per heavy atom. The summed E-state index contributed by atoms with van der Waals surface area (Å²) in [6.45, 7) is 3.19. The van der Waals surface area contributed by atoms with Crippen molar-refractivity contribution in [2.45, 2.75) is 6.42 Å². The number of rotatable bonds is 9. The van der Waals surface area contributed by atoms with Crippen LogP contribution in [0.25, 0.3) is 0 Å². The Kier molecular flexibility index (Phi) is 8.05. The van der Waals surface area contributed by atoms with Gasteiger partial charge in [-0.3, -0.25) is 0 Å². The molecule has 0 bridgehead atoms. The number of halogens is 1. The number of hydrogen-bond donors (Lipinski definition) is 3. The van der Waals surface area contributed by atoms with Crippen LogP contribution in [-0.2, 0) is 11.2 Å². The van der Waals surface area contributed by atoms with E-state index in [4.69, 9.17) is 26.2 Å². The molecule has 0 aliphatic heterocycles. The van der Waals surface area contributed by atoms with Gasteiger partial charge in [0, 0.05) is 16.3 Å². The highest BCUT2D eigenvalue weighted by Crippen LogP contribution is 2.33. The van der Waals surface area contributed by atoms with E-state index < -0.39 is 18.6 Å². The molecule has 0 aliphatic rings. The number of carbonyl (C=O) groups is 2. The molecule has 0 aromatic heterocycles. The molecular weight excluding hydrogens is 398 g/mol. The Morgan fingerprint density at radius 2 is 2.10 bits per heavy atom. The fraction of sp³-hybridized carbons (Fsp3) is 0.150. The maximum absolute atomic E-state index is 11.9. The first-order valence-corrected chi connectivity index (χ1v) is 8.82. The maximum Gasteiger partial charge on any atom is 0.341 e. The largest absolute Gasteiger partial charge is 0.493 e. The van der Waals surface area contributed by atoms with Crippen LogP contribution >= 0.6 is 11.6 Å². The Hall–Kier alpha value is -3.52. The minimum atomic E-state index is -1.10. The molecule has 0 heterocycles. The highest BCUT2D eigenvalue weighted by atomic mass is 35.5. The van der Waals surface area contributed by atoms with Gasteiger partial charge in [0.15, 0.2) is 18.1 Å². The highest BCUT2D eigenvalue weighted by molar-refractivity contribution is 6.30. The summed E-state index contributed by atoms with van der Waals surface area (Å²) < 4.78 is 10.6. The van der Waals surface area contributed by atoms with E-state index in [1.54, 1.807) is 42.5 Å². The predicted molar refractivity (Wildman–Crippen MR) is 111 cm³/mol. The lowest BCUT2D eigenvalue weighted by molar-refractivity contribution is -0.139. The molecule has 0 fully saturated rings. The van der Waals surface area contributed by atoms with Gasteiger partial charge >= 0.3 is 12.0 Å². The Bertz CT molecular complexity index is 930. The number of nitrogens with one attached hydrogen (secondary N) is 2. The van der Waals surface area contributed by atoms with Crippen molar-refractivity contribution < 1.29 is 24.2 Å². The predicted octanol–water partition coefficient (Wildman–Crippen LogP) is 3.70. The van der Waals surface area contributed by atoms with Crippen molar-refractivity contribution in [2.24, 2.45) is 5.10 Å². The molecule has 0 radical (unpaired) electrons. The fourth-order valence-electron chi connectivity index (χ4n) is 2.41. The molecular formula is C20H20ClN3O5. The number of hydrogen-bond acceptors (Lipinski definition) is 5. The van der Waals surface area contributed by atoms with Gasteiger partial charge in [0.05, 0.1) is 13.3 Å². The van der Waals surface area contributed by atoms with E-state index >= 15 is 0 Å². The first-order chi connectivity index (χ1) is 13.9. The van der Waals surface area contributed by atoms with Crippen molar-refractivity contribution in [1.29, 1.82) is 0 Å². The summed E-state index contributed by atoms with van der Waals surface area (Å²) >= 11 is 5.87. The van der Waals surface area contributed by atoms with Gasteiger partial charge in [-0.1, -0.05) is 23.7 Å². The number of nitrogens with zero attached hydrogens (tertiary/aromatic N) is 1. The van der Waals surface area contributed by atoms with Gasteiger partial charge in [-0.05, 0) is 42.3 Å². The van der Waals surface area contributed by atoms with Crippen molar-refractivity contribution in [3.63, 3.8) is 0 Å². The zero-order valence-corrected chi connectivity index (χ0v) is 16.4. The summed E-state index contributed by atoms with van der Waals surface area (Å²) in [6.07, 6.45) is 3.50. The quantitative estimate of drug-likeness (QED) is 0.327. The molecule has 0 aliphatic carbocycles. The average molecular weight is 418 g/mol. The van der Waals surface area contributed by atoms with Gasteiger partial charge in [-0.25, -0.2) is 15.0 Å². The second kappa shape index (κ2) is 10.7. The number of amides is 2.